The summed E-state index contributed by atoms with van der Waals surface area (Å²) >= 11 is 0. The van der Waals surface area contributed by atoms with Crippen LogP contribution in [-0.4, -0.2) is 36.5 Å². The van der Waals surface area contributed by atoms with Crippen molar-refractivity contribution in [1.82, 2.24) is 0 Å². The molecule has 0 saturated heterocycles. The Morgan fingerprint density at radius 2 is 1.87 bits per heavy atom. The highest BCUT2D eigenvalue weighted by atomic mass is 16.4. The maximum Gasteiger partial charge on any atom is 0.328 e. The first kappa shape index (κ1) is 16.7. The number of carboxylic acids is 1. The van der Waals surface area contributed by atoms with Gasteiger partial charge in [-0.2, -0.15) is 0 Å². The number of anilines is 2. The molecule has 122 valence electrons. The van der Waals surface area contributed by atoms with Crippen LogP contribution in [0.2, 0.25) is 0 Å². The van der Waals surface area contributed by atoms with E-state index in [4.69, 9.17) is 5.11 Å². The Morgan fingerprint density at radius 3 is 2.43 bits per heavy atom. The molecule has 1 aromatic carbocycles. The molecule has 1 heterocycles. The number of amides is 2. The predicted molar refractivity (Wildman–Crippen MR) is 88.3 cm³/mol. The molecule has 1 aliphatic heterocycles. The molecular weight excluding hydrogens is 296 g/mol. The molecule has 0 saturated carbocycles. The maximum atomic E-state index is 12.7. The van der Waals surface area contributed by atoms with Gasteiger partial charge in [-0.1, -0.05) is 6.07 Å². The molecule has 6 heteroatoms. The third-order valence-electron chi connectivity index (χ3n) is 4.01. The van der Waals surface area contributed by atoms with Crippen molar-refractivity contribution in [2.75, 3.05) is 23.4 Å². The highest BCUT2D eigenvalue weighted by Crippen LogP contribution is 2.38. The molecule has 6 nitrogen and oxygen atoms in total. The number of benzene rings is 1. The van der Waals surface area contributed by atoms with Gasteiger partial charge in [0.25, 0.3) is 0 Å². The number of carbonyl (C=O) groups excluding carboxylic acids is 2. The highest BCUT2D eigenvalue weighted by Gasteiger charge is 2.44. The fourth-order valence-corrected chi connectivity index (χ4v) is 2.69. The second-order valence-corrected chi connectivity index (χ2v) is 5.96. The summed E-state index contributed by atoms with van der Waals surface area (Å²) in [5.41, 5.74) is 0.727. The van der Waals surface area contributed by atoms with Crippen molar-refractivity contribution in [3.8, 4) is 0 Å². The lowest BCUT2D eigenvalue weighted by Crippen LogP contribution is -2.47. The normalized spacial score (nSPS) is 17.4. The Bertz CT molecular complexity index is 707. The SMILES string of the molecule is CCN1C(=O)C(C)(C)C(=O)N(C)c2cc(/C=C/C(=O)O)ccc21. The maximum absolute atomic E-state index is 12.7. The quantitative estimate of drug-likeness (QED) is 0.684. The van der Waals surface area contributed by atoms with Crippen molar-refractivity contribution in [1.29, 1.82) is 0 Å². The van der Waals surface area contributed by atoms with Gasteiger partial charge in [0.05, 0.1) is 11.4 Å². The second-order valence-electron chi connectivity index (χ2n) is 5.96. The molecule has 0 radical (unpaired) electrons. The molecule has 2 amide bonds. The van der Waals surface area contributed by atoms with Crippen molar-refractivity contribution in [2.45, 2.75) is 20.8 Å². The van der Waals surface area contributed by atoms with Gasteiger partial charge in [0.1, 0.15) is 5.41 Å². The Hall–Kier alpha value is -2.63. The smallest absolute Gasteiger partial charge is 0.328 e. The summed E-state index contributed by atoms with van der Waals surface area (Å²) in [6.45, 7) is 5.54. The Morgan fingerprint density at radius 1 is 1.22 bits per heavy atom. The standard InChI is InChI=1S/C17H20N2O4/c1-5-19-12-8-6-11(7-9-14(20)21)10-13(12)18(4)15(22)17(2,3)16(19)23/h6-10H,5H2,1-4H3,(H,20,21)/b9-7+. The van der Waals surface area contributed by atoms with Crippen LogP contribution >= 0.6 is 0 Å². The summed E-state index contributed by atoms with van der Waals surface area (Å²) < 4.78 is 0. The summed E-state index contributed by atoms with van der Waals surface area (Å²) in [7, 11) is 1.63. The summed E-state index contributed by atoms with van der Waals surface area (Å²) in [6.07, 6.45) is 2.49. The van der Waals surface area contributed by atoms with E-state index < -0.39 is 11.4 Å². The van der Waals surface area contributed by atoms with Crippen LogP contribution in [0.3, 0.4) is 0 Å². The molecule has 0 unspecified atom stereocenters. The largest absolute Gasteiger partial charge is 0.478 e. The van der Waals surface area contributed by atoms with Crippen LogP contribution in [-0.2, 0) is 14.4 Å². The van der Waals surface area contributed by atoms with Crippen LogP contribution in [0.4, 0.5) is 11.4 Å². The molecule has 0 atom stereocenters. The van der Waals surface area contributed by atoms with E-state index in [1.54, 1.807) is 44.0 Å². The van der Waals surface area contributed by atoms with Gasteiger partial charge in [0.2, 0.25) is 11.8 Å². The summed E-state index contributed by atoms with van der Waals surface area (Å²) in [6, 6.07) is 5.18. The van der Waals surface area contributed by atoms with E-state index >= 15 is 0 Å². The van der Waals surface area contributed by atoms with Crippen molar-refractivity contribution < 1.29 is 19.5 Å². The van der Waals surface area contributed by atoms with E-state index in [9.17, 15) is 14.4 Å². The van der Waals surface area contributed by atoms with E-state index in [0.717, 1.165) is 6.08 Å². The monoisotopic (exact) mass is 316 g/mol. The van der Waals surface area contributed by atoms with Gasteiger partial charge >= 0.3 is 5.97 Å². The van der Waals surface area contributed by atoms with E-state index in [1.807, 2.05) is 6.92 Å². The summed E-state index contributed by atoms with van der Waals surface area (Å²) in [4.78, 5) is 39.0. The summed E-state index contributed by atoms with van der Waals surface area (Å²) in [5.74, 6) is -1.58. The number of fused-ring (bicyclic) bond motifs is 1. The molecule has 1 N–H and O–H groups in total. The first-order valence-corrected chi connectivity index (χ1v) is 7.35. The molecule has 0 fully saturated rings. The topological polar surface area (TPSA) is 77.9 Å². The minimum atomic E-state index is -1.15. The molecule has 1 aromatic rings. The van der Waals surface area contributed by atoms with Crippen LogP contribution in [0.5, 0.6) is 0 Å². The molecule has 23 heavy (non-hydrogen) atoms. The average Bonchev–Trinajstić information content (AvgIpc) is 2.56. The minimum absolute atomic E-state index is 0.246. The fraction of sp³-hybridized carbons (Fsp3) is 0.353. The van der Waals surface area contributed by atoms with Crippen LogP contribution < -0.4 is 9.80 Å². The lowest BCUT2D eigenvalue weighted by atomic mass is 9.90. The number of hydrogen-bond acceptors (Lipinski definition) is 3. The fourth-order valence-electron chi connectivity index (χ4n) is 2.69. The molecular formula is C17H20N2O4. The Balaban J connectivity index is 2.62. The van der Waals surface area contributed by atoms with Gasteiger partial charge in [-0.25, -0.2) is 4.79 Å². The molecule has 2 rings (SSSR count). The number of nitrogens with zero attached hydrogens (tertiary/aromatic N) is 2. The molecule has 1 aliphatic rings. The van der Waals surface area contributed by atoms with Crippen molar-refractivity contribution in [2.24, 2.45) is 5.41 Å². The van der Waals surface area contributed by atoms with Crippen LogP contribution in [0, 0.1) is 5.41 Å². The number of aliphatic carboxylic acids is 1. The van der Waals surface area contributed by atoms with Crippen molar-refractivity contribution in [3.63, 3.8) is 0 Å². The molecule has 0 bridgehead atoms. The molecule has 0 spiro atoms. The van der Waals surface area contributed by atoms with Gasteiger partial charge in [0.15, 0.2) is 0 Å². The van der Waals surface area contributed by atoms with Crippen LogP contribution in [0.15, 0.2) is 24.3 Å². The second kappa shape index (κ2) is 5.87. The van der Waals surface area contributed by atoms with Crippen molar-refractivity contribution in [3.05, 3.63) is 29.8 Å². The predicted octanol–water partition coefficient (Wildman–Crippen LogP) is 2.14. The minimum Gasteiger partial charge on any atom is -0.478 e. The lowest BCUT2D eigenvalue weighted by molar-refractivity contribution is -0.137. The number of carbonyl (C=O) groups is 3. The Kier molecular flexibility index (Phi) is 4.27. The molecule has 0 aromatic heterocycles. The zero-order valence-electron chi connectivity index (χ0n) is 13.7. The van der Waals surface area contributed by atoms with E-state index in [2.05, 4.69) is 0 Å². The van der Waals surface area contributed by atoms with Gasteiger partial charge < -0.3 is 14.9 Å². The third kappa shape index (κ3) is 2.84. The first-order valence-electron chi connectivity index (χ1n) is 7.35. The van der Waals surface area contributed by atoms with Crippen LogP contribution in [0.25, 0.3) is 6.08 Å². The highest BCUT2D eigenvalue weighted by molar-refractivity contribution is 6.20. The zero-order chi connectivity index (χ0) is 17.4. The average molecular weight is 316 g/mol. The van der Waals surface area contributed by atoms with Gasteiger partial charge in [0, 0.05) is 19.7 Å². The van der Waals surface area contributed by atoms with E-state index in [0.29, 0.717) is 23.5 Å². The van der Waals surface area contributed by atoms with E-state index in [1.165, 1.54) is 11.0 Å². The number of hydrogen-bond donors (Lipinski definition) is 1. The first-order chi connectivity index (χ1) is 10.7. The third-order valence-corrected chi connectivity index (χ3v) is 4.01. The van der Waals surface area contributed by atoms with E-state index in [-0.39, 0.29) is 11.8 Å². The van der Waals surface area contributed by atoms with Crippen LogP contribution in [0.1, 0.15) is 26.3 Å². The lowest BCUT2D eigenvalue weighted by Gasteiger charge is -2.27. The zero-order valence-corrected chi connectivity index (χ0v) is 13.7. The number of rotatable bonds is 3. The van der Waals surface area contributed by atoms with Gasteiger partial charge in [-0.05, 0) is 44.5 Å². The van der Waals surface area contributed by atoms with Crippen molar-refractivity contribution >= 4 is 35.2 Å². The Labute approximate surface area is 135 Å². The molecule has 0 aliphatic carbocycles. The summed E-state index contributed by atoms with van der Waals surface area (Å²) in [5, 5.41) is 8.73. The van der Waals surface area contributed by atoms with Gasteiger partial charge in [-0.15, -0.1) is 0 Å². The van der Waals surface area contributed by atoms with Gasteiger partial charge in [-0.3, -0.25) is 9.59 Å². The number of carboxylic acid groups (broad SMARTS) is 1.